The Kier molecular flexibility index (Phi) is 4.57. The molecular weight excluding hydrogens is 335 g/mol. The number of hydrogen-bond acceptors (Lipinski definition) is 1. The average Bonchev–Trinajstić information content (AvgIpc) is 2.73. The molecule has 1 aliphatic carbocycles. The van der Waals surface area contributed by atoms with E-state index >= 15 is 0 Å². The Bertz CT molecular complexity index is 567. The molecule has 0 saturated heterocycles. The molecule has 20 heavy (non-hydrogen) atoms. The van der Waals surface area contributed by atoms with Gasteiger partial charge in [-0.25, -0.2) is 4.39 Å². The topological polar surface area (TPSA) is 0 Å². The zero-order valence-corrected chi connectivity index (χ0v) is 13.8. The van der Waals surface area contributed by atoms with Gasteiger partial charge < -0.3 is 0 Å². The maximum atomic E-state index is 13.7. The fourth-order valence-corrected chi connectivity index (χ4v) is 4.80. The summed E-state index contributed by atoms with van der Waals surface area (Å²) in [6.07, 6.45) is 7.12. The highest BCUT2D eigenvalue weighted by molar-refractivity contribution is 9.09. The highest BCUT2D eigenvalue weighted by Gasteiger charge is 2.18. The Labute approximate surface area is 132 Å². The van der Waals surface area contributed by atoms with Gasteiger partial charge in [0.2, 0.25) is 0 Å². The van der Waals surface area contributed by atoms with Gasteiger partial charge in [0.15, 0.2) is 0 Å². The van der Waals surface area contributed by atoms with Crippen LogP contribution in [0.25, 0.3) is 0 Å². The molecule has 3 heteroatoms. The second-order valence-electron chi connectivity index (χ2n) is 5.42. The molecule has 0 amide bonds. The Hall–Kier alpha value is -0.670. The van der Waals surface area contributed by atoms with E-state index < -0.39 is 0 Å². The third-order valence-electron chi connectivity index (χ3n) is 3.93. The van der Waals surface area contributed by atoms with Crippen LogP contribution in [0.2, 0.25) is 0 Å². The molecule has 106 valence electrons. The number of rotatable bonds is 3. The molecule has 1 aromatic carbocycles. The minimum atomic E-state index is -0.102. The normalized spacial score (nSPS) is 16.5. The van der Waals surface area contributed by atoms with Crippen molar-refractivity contribution in [2.75, 3.05) is 0 Å². The van der Waals surface area contributed by atoms with Gasteiger partial charge in [0.25, 0.3) is 0 Å². The fraction of sp³-hybridized carbons (Fsp3) is 0.412. The first kappa shape index (κ1) is 14.3. The summed E-state index contributed by atoms with van der Waals surface area (Å²) in [6, 6.07) is 9.41. The number of alkyl halides is 1. The van der Waals surface area contributed by atoms with Crippen molar-refractivity contribution in [2.24, 2.45) is 0 Å². The predicted molar refractivity (Wildman–Crippen MR) is 87.4 cm³/mol. The van der Waals surface area contributed by atoms with E-state index in [4.69, 9.17) is 0 Å². The van der Waals surface area contributed by atoms with Gasteiger partial charge in [-0.15, -0.1) is 11.3 Å². The molecule has 2 aromatic rings. The van der Waals surface area contributed by atoms with Crippen molar-refractivity contribution in [2.45, 2.75) is 43.4 Å². The molecule has 0 N–H and O–H groups in total. The zero-order chi connectivity index (χ0) is 13.9. The summed E-state index contributed by atoms with van der Waals surface area (Å²) in [5.41, 5.74) is 2.32. The smallest absolute Gasteiger partial charge is 0.126 e. The van der Waals surface area contributed by atoms with Gasteiger partial charge in [0.1, 0.15) is 5.82 Å². The molecule has 1 heterocycles. The van der Waals surface area contributed by atoms with E-state index in [1.54, 1.807) is 17.0 Å². The van der Waals surface area contributed by atoms with Gasteiger partial charge in [-0.2, -0.15) is 0 Å². The first-order valence-electron chi connectivity index (χ1n) is 7.23. The second-order valence-corrected chi connectivity index (χ2v) is 7.69. The highest BCUT2D eigenvalue weighted by atomic mass is 79.9. The molecule has 0 fully saturated rings. The molecule has 1 aromatic heterocycles. The van der Waals surface area contributed by atoms with E-state index in [0.717, 1.165) is 5.56 Å². The van der Waals surface area contributed by atoms with Crippen molar-refractivity contribution in [1.82, 2.24) is 0 Å². The van der Waals surface area contributed by atoms with Crippen molar-refractivity contribution in [1.29, 1.82) is 0 Å². The molecule has 1 unspecified atom stereocenters. The summed E-state index contributed by atoms with van der Waals surface area (Å²) in [6.45, 7) is 0. The third kappa shape index (κ3) is 3.15. The monoisotopic (exact) mass is 352 g/mol. The first-order chi connectivity index (χ1) is 9.74. The van der Waals surface area contributed by atoms with Crippen molar-refractivity contribution in [3.63, 3.8) is 0 Å². The number of thiophene rings is 1. The Morgan fingerprint density at radius 2 is 1.95 bits per heavy atom. The summed E-state index contributed by atoms with van der Waals surface area (Å²) in [5, 5.41) is 0. The van der Waals surface area contributed by atoms with Crippen LogP contribution in [-0.4, -0.2) is 0 Å². The van der Waals surface area contributed by atoms with Crippen LogP contribution in [0, 0.1) is 5.82 Å². The lowest BCUT2D eigenvalue weighted by molar-refractivity contribution is 0.608. The van der Waals surface area contributed by atoms with Crippen LogP contribution >= 0.6 is 27.3 Å². The minimum Gasteiger partial charge on any atom is -0.207 e. The molecule has 0 spiro atoms. The molecule has 3 rings (SSSR count). The number of aryl methyl sites for hydroxylation is 2. The third-order valence-corrected chi connectivity index (χ3v) is 6.40. The number of hydrogen-bond donors (Lipinski definition) is 0. The summed E-state index contributed by atoms with van der Waals surface area (Å²) in [4.78, 5) is 3.12. The summed E-state index contributed by atoms with van der Waals surface area (Å²) >= 11 is 5.66. The second kappa shape index (κ2) is 6.40. The number of halogens is 2. The molecule has 1 atom stereocenters. The molecule has 0 saturated carbocycles. The van der Waals surface area contributed by atoms with Crippen molar-refractivity contribution in [3.05, 3.63) is 57.0 Å². The highest BCUT2D eigenvalue weighted by Crippen LogP contribution is 2.37. The van der Waals surface area contributed by atoms with Gasteiger partial charge in [0.05, 0.1) is 4.83 Å². The van der Waals surface area contributed by atoms with Gasteiger partial charge in [-0.3, -0.25) is 0 Å². The summed E-state index contributed by atoms with van der Waals surface area (Å²) in [5.74, 6) is -0.102. The molecule has 0 nitrogen and oxygen atoms in total. The molecule has 1 aliphatic rings. The lowest BCUT2D eigenvalue weighted by atomic mass is 10.1. The van der Waals surface area contributed by atoms with Crippen LogP contribution in [0.1, 0.15) is 45.0 Å². The van der Waals surface area contributed by atoms with E-state index in [1.165, 1.54) is 42.5 Å². The SMILES string of the molecule is Fc1ccccc1CC(Br)c1cc2c(s1)CCCCC2. The van der Waals surface area contributed by atoms with E-state index in [0.29, 0.717) is 6.42 Å². The van der Waals surface area contributed by atoms with Crippen molar-refractivity contribution >= 4 is 27.3 Å². The van der Waals surface area contributed by atoms with E-state index in [-0.39, 0.29) is 10.6 Å². The number of fused-ring (bicyclic) bond motifs is 1. The summed E-state index contributed by atoms with van der Waals surface area (Å²) in [7, 11) is 0. The van der Waals surface area contributed by atoms with Crippen LogP contribution in [0.3, 0.4) is 0 Å². The average molecular weight is 353 g/mol. The van der Waals surface area contributed by atoms with Crippen LogP contribution in [0.15, 0.2) is 30.3 Å². The first-order valence-corrected chi connectivity index (χ1v) is 8.96. The molecular formula is C17H18BrFS. The van der Waals surface area contributed by atoms with Gasteiger partial charge in [-0.05, 0) is 55.4 Å². The Morgan fingerprint density at radius 1 is 1.15 bits per heavy atom. The fourth-order valence-electron chi connectivity index (χ4n) is 2.80. The maximum Gasteiger partial charge on any atom is 0.126 e. The Balaban J connectivity index is 1.77. The predicted octanol–water partition coefficient (Wildman–Crippen LogP) is 5.83. The largest absolute Gasteiger partial charge is 0.207 e. The molecule has 0 radical (unpaired) electrons. The van der Waals surface area contributed by atoms with Crippen molar-refractivity contribution in [3.8, 4) is 0 Å². The lowest BCUT2D eigenvalue weighted by Crippen LogP contribution is -1.96. The molecule has 0 bridgehead atoms. The van der Waals surface area contributed by atoms with Gasteiger partial charge in [0, 0.05) is 9.75 Å². The number of benzene rings is 1. The Morgan fingerprint density at radius 3 is 2.80 bits per heavy atom. The van der Waals surface area contributed by atoms with Gasteiger partial charge >= 0.3 is 0 Å². The quantitative estimate of drug-likeness (QED) is 0.481. The lowest BCUT2D eigenvalue weighted by Gasteiger charge is -2.08. The van der Waals surface area contributed by atoms with Crippen molar-refractivity contribution < 1.29 is 4.39 Å². The van der Waals surface area contributed by atoms with Crippen LogP contribution in [0.5, 0.6) is 0 Å². The maximum absolute atomic E-state index is 13.7. The molecule has 0 aliphatic heterocycles. The van der Waals surface area contributed by atoms with E-state index in [2.05, 4.69) is 22.0 Å². The minimum absolute atomic E-state index is 0.102. The van der Waals surface area contributed by atoms with Gasteiger partial charge in [-0.1, -0.05) is 40.5 Å². The van der Waals surface area contributed by atoms with Crippen LogP contribution in [0.4, 0.5) is 4.39 Å². The van der Waals surface area contributed by atoms with E-state index in [1.807, 2.05) is 23.5 Å². The standard InChI is InChI=1S/C17H18BrFS/c18-14(10-12-6-4-5-8-15(12)19)17-11-13-7-2-1-3-9-16(13)20-17/h4-6,8,11,14H,1-3,7,9-10H2. The van der Waals surface area contributed by atoms with Crippen LogP contribution in [-0.2, 0) is 19.3 Å². The summed E-state index contributed by atoms with van der Waals surface area (Å²) < 4.78 is 13.7. The zero-order valence-electron chi connectivity index (χ0n) is 11.4. The van der Waals surface area contributed by atoms with Crippen LogP contribution < -0.4 is 0 Å². The van der Waals surface area contributed by atoms with E-state index in [9.17, 15) is 4.39 Å².